The Labute approximate surface area is 132 Å². The van der Waals surface area contributed by atoms with Crippen molar-refractivity contribution in [2.45, 2.75) is 6.92 Å². The Bertz CT molecular complexity index is 729. The standard InChI is InChI=1S/C15H15N5OS/c1-11-16-15(22-19-11)13-8-9-14(18-17-13)20(2)10-21-12-6-4-3-5-7-12/h3-9H,10H2,1-2H3. The van der Waals surface area contributed by atoms with Crippen molar-refractivity contribution < 1.29 is 4.74 Å². The van der Waals surface area contributed by atoms with Gasteiger partial charge in [0.2, 0.25) is 0 Å². The number of ether oxygens (including phenoxy) is 1. The van der Waals surface area contributed by atoms with Crippen LogP contribution in [0.3, 0.4) is 0 Å². The fourth-order valence-electron chi connectivity index (χ4n) is 1.80. The molecular weight excluding hydrogens is 298 g/mol. The number of aryl methyl sites for hydroxylation is 1. The van der Waals surface area contributed by atoms with Crippen LogP contribution >= 0.6 is 11.5 Å². The Morgan fingerprint density at radius 1 is 1.09 bits per heavy atom. The van der Waals surface area contributed by atoms with Crippen LogP contribution in [0.2, 0.25) is 0 Å². The maximum Gasteiger partial charge on any atom is 0.164 e. The molecule has 0 saturated heterocycles. The number of hydrogen-bond acceptors (Lipinski definition) is 7. The molecule has 6 nitrogen and oxygen atoms in total. The summed E-state index contributed by atoms with van der Waals surface area (Å²) in [6.45, 7) is 2.26. The van der Waals surface area contributed by atoms with Gasteiger partial charge in [-0.15, -0.1) is 10.2 Å². The summed E-state index contributed by atoms with van der Waals surface area (Å²) in [4.78, 5) is 6.18. The predicted molar refractivity (Wildman–Crippen MR) is 86.0 cm³/mol. The van der Waals surface area contributed by atoms with Gasteiger partial charge in [0.05, 0.1) is 0 Å². The van der Waals surface area contributed by atoms with Gasteiger partial charge in [-0.2, -0.15) is 4.37 Å². The zero-order valence-corrected chi connectivity index (χ0v) is 13.1. The number of nitrogens with zero attached hydrogens (tertiary/aromatic N) is 5. The summed E-state index contributed by atoms with van der Waals surface area (Å²) >= 11 is 1.32. The molecule has 0 saturated carbocycles. The monoisotopic (exact) mass is 313 g/mol. The number of hydrogen-bond donors (Lipinski definition) is 0. The highest BCUT2D eigenvalue weighted by Crippen LogP contribution is 2.20. The van der Waals surface area contributed by atoms with Crippen LogP contribution in [0.1, 0.15) is 5.82 Å². The Morgan fingerprint density at radius 3 is 2.55 bits per heavy atom. The second kappa shape index (κ2) is 6.48. The predicted octanol–water partition coefficient (Wildman–Crippen LogP) is 2.78. The van der Waals surface area contributed by atoms with E-state index >= 15 is 0 Å². The molecule has 0 N–H and O–H groups in total. The molecule has 1 aromatic carbocycles. The molecule has 0 aliphatic carbocycles. The molecule has 0 radical (unpaired) electrons. The zero-order valence-electron chi connectivity index (χ0n) is 12.3. The molecular formula is C15H15N5OS. The average Bonchev–Trinajstić information content (AvgIpc) is 3.00. The highest BCUT2D eigenvalue weighted by molar-refractivity contribution is 7.09. The van der Waals surface area contributed by atoms with E-state index in [4.69, 9.17) is 4.74 Å². The molecule has 0 aliphatic rings. The van der Waals surface area contributed by atoms with Gasteiger partial charge in [0, 0.05) is 7.05 Å². The van der Waals surface area contributed by atoms with Crippen molar-refractivity contribution in [1.82, 2.24) is 19.6 Å². The summed E-state index contributed by atoms with van der Waals surface area (Å²) in [5, 5.41) is 9.19. The molecule has 0 fully saturated rings. The summed E-state index contributed by atoms with van der Waals surface area (Å²) in [6, 6.07) is 13.5. The number of aromatic nitrogens is 4. The van der Waals surface area contributed by atoms with E-state index in [9.17, 15) is 0 Å². The second-order valence-electron chi connectivity index (χ2n) is 4.71. The van der Waals surface area contributed by atoms with Gasteiger partial charge in [0.15, 0.2) is 17.6 Å². The van der Waals surface area contributed by atoms with E-state index in [1.807, 2.05) is 61.3 Å². The maximum atomic E-state index is 5.68. The fourth-order valence-corrected chi connectivity index (χ4v) is 2.43. The fraction of sp³-hybridized carbons (Fsp3) is 0.200. The zero-order chi connectivity index (χ0) is 15.4. The van der Waals surface area contributed by atoms with Crippen LogP contribution in [-0.2, 0) is 0 Å². The first-order chi connectivity index (χ1) is 10.7. The van der Waals surface area contributed by atoms with E-state index in [1.165, 1.54) is 11.5 Å². The molecule has 0 unspecified atom stereocenters. The SMILES string of the molecule is Cc1nsc(-c2ccc(N(C)COc3ccccc3)nn2)n1. The van der Waals surface area contributed by atoms with Gasteiger partial charge in [-0.3, -0.25) is 0 Å². The quantitative estimate of drug-likeness (QED) is 0.675. The molecule has 0 bridgehead atoms. The first-order valence-electron chi connectivity index (χ1n) is 6.76. The van der Waals surface area contributed by atoms with Gasteiger partial charge < -0.3 is 9.64 Å². The summed E-state index contributed by atoms with van der Waals surface area (Å²) in [6.07, 6.45) is 0. The number of benzene rings is 1. The van der Waals surface area contributed by atoms with E-state index in [0.29, 0.717) is 6.73 Å². The molecule has 0 aliphatic heterocycles. The average molecular weight is 313 g/mol. The second-order valence-corrected chi connectivity index (χ2v) is 5.46. The van der Waals surface area contributed by atoms with Crippen molar-refractivity contribution in [3.63, 3.8) is 0 Å². The highest BCUT2D eigenvalue weighted by Gasteiger charge is 2.08. The third kappa shape index (κ3) is 3.37. The first kappa shape index (κ1) is 14.4. The lowest BCUT2D eigenvalue weighted by Crippen LogP contribution is -2.24. The molecule has 22 heavy (non-hydrogen) atoms. The van der Waals surface area contributed by atoms with Crippen LogP contribution in [-0.4, -0.2) is 33.3 Å². The molecule has 3 rings (SSSR count). The van der Waals surface area contributed by atoms with Crippen LogP contribution in [0.4, 0.5) is 5.82 Å². The molecule has 7 heteroatoms. The highest BCUT2D eigenvalue weighted by atomic mass is 32.1. The molecule has 3 aromatic rings. The smallest absolute Gasteiger partial charge is 0.164 e. The molecule has 0 atom stereocenters. The van der Waals surface area contributed by atoms with Gasteiger partial charge >= 0.3 is 0 Å². The Balaban J connectivity index is 1.64. The van der Waals surface area contributed by atoms with Gasteiger partial charge in [-0.1, -0.05) is 18.2 Å². The normalized spacial score (nSPS) is 10.5. The van der Waals surface area contributed by atoms with Gasteiger partial charge in [0.1, 0.15) is 17.3 Å². The van der Waals surface area contributed by atoms with Crippen LogP contribution in [0.25, 0.3) is 10.7 Å². The number of rotatable bonds is 5. The number of para-hydroxylation sites is 1. The Morgan fingerprint density at radius 2 is 1.91 bits per heavy atom. The largest absolute Gasteiger partial charge is 0.473 e. The van der Waals surface area contributed by atoms with Gasteiger partial charge in [-0.25, -0.2) is 4.98 Å². The lowest BCUT2D eigenvalue weighted by molar-refractivity contribution is 0.319. The third-order valence-corrected chi connectivity index (χ3v) is 3.79. The summed E-state index contributed by atoms with van der Waals surface area (Å²) < 4.78 is 9.82. The number of anilines is 1. The Kier molecular flexibility index (Phi) is 4.24. The minimum absolute atomic E-state index is 0.399. The lowest BCUT2D eigenvalue weighted by atomic mass is 10.3. The molecule has 2 heterocycles. The minimum Gasteiger partial charge on any atom is -0.473 e. The topological polar surface area (TPSA) is 64.0 Å². The van der Waals surface area contributed by atoms with Crippen LogP contribution in [0.15, 0.2) is 42.5 Å². The van der Waals surface area contributed by atoms with Crippen LogP contribution in [0, 0.1) is 6.92 Å². The summed E-state index contributed by atoms with van der Waals surface area (Å²) in [5.74, 6) is 2.31. The van der Waals surface area contributed by atoms with E-state index in [1.54, 1.807) is 0 Å². The van der Waals surface area contributed by atoms with E-state index < -0.39 is 0 Å². The van der Waals surface area contributed by atoms with Crippen molar-refractivity contribution in [3.8, 4) is 16.5 Å². The van der Waals surface area contributed by atoms with E-state index in [2.05, 4.69) is 19.6 Å². The van der Waals surface area contributed by atoms with Gasteiger partial charge in [-0.05, 0) is 42.7 Å². The molecule has 112 valence electrons. The van der Waals surface area contributed by atoms with Crippen molar-refractivity contribution in [2.24, 2.45) is 0 Å². The summed E-state index contributed by atoms with van der Waals surface area (Å²) in [7, 11) is 1.90. The first-order valence-corrected chi connectivity index (χ1v) is 7.53. The van der Waals surface area contributed by atoms with Crippen LogP contribution < -0.4 is 9.64 Å². The summed E-state index contributed by atoms with van der Waals surface area (Å²) in [5.41, 5.74) is 0.728. The van der Waals surface area contributed by atoms with Crippen LogP contribution in [0.5, 0.6) is 5.75 Å². The van der Waals surface area contributed by atoms with Crippen molar-refractivity contribution in [2.75, 3.05) is 18.7 Å². The van der Waals surface area contributed by atoms with Gasteiger partial charge in [0.25, 0.3) is 0 Å². The molecule has 0 spiro atoms. The maximum absolute atomic E-state index is 5.68. The van der Waals surface area contributed by atoms with Crippen molar-refractivity contribution in [1.29, 1.82) is 0 Å². The van der Waals surface area contributed by atoms with Crippen molar-refractivity contribution >= 4 is 17.4 Å². The lowest BCUT2D eigenvalue weighted by Gasteiger charge is -2.18. The third-order valence-electron chi connectivity index (χ3n) is 2.96. The minimum atomic E-state index is 0.399. The van der Waals surface area contributed by atoms with E-state index in [0.717, 1.165) is 28.1 Å². The molecule has 0 amide bonds. The van der Waals surface area contributed by atoms with E-state index in [-0.39, 0.29) is 0 Å². The van der Waals surface area contributed by atoms with Crippen molar-refractivity contribution in [3.05, 3.63) is 48.3 Å². The Hall–Kier alpha value is -2.54. The molecule has 2 aromatic heterocycles.